The lowest BCUT2D eigenvalue weighted by atomic mass is 10.0. The van der Waals surface area contributed by atoms with Crippen molar-refractivity contribution >= 4 is 11.9 Å². The summed E-state index contributed by atoms with van der Waals surface area (Å²) in [5.74, 6) is 0.713. The van der Waals surface area contributed by atoms with E-state index in [0.29, 0.717) is 24.9 Å². The molecule has 0 saturated heterocycles. The minimum absolute atomic E-state index is 0.0247. The van der Waals surface area contributed by atoms with Crippen LogP contribution in [-0.2, 0) is 4.79 Å². The first-order chi connectivity index (χ1) is 13.8. The van der Waals surface area contributed by atoms with Crippen molar-refractivity contribution in [2.75, 3.05) is 13.1 Å². The second-order valence-corrected chi connectivity index (χ2v) is 7.64. The number of urea groups is 1. The van der Waals surface area contributed by atoms with Gasteiger partial charge in [0.15, 0.2) is 0 Å². The summed E-state index contributed by atoms with van der Waals surface area (Å²) in [6.45, 7) is 13.2. The molecule has 0 saturated carbocycles. The number of carbonyl (C=O) groups is 2. The number of hydrogen-bond acceptors (Lipinski definition) is 2. The number of nitrogens with one attached hydrogen (secondary N) is 3. The smallest absolute Gasteiger partial charge is 0.319 e. The Hall–Kier alpha value is -2.30. The average molecular weight is 404 g/mol. The molecular weight excluding hydrogens is 362 g/mol. The van der Waals surface area contributed by atoms with Gasteiger partial charge < -0.3 is 16.0 Å². The second-order valence-electron chi connectivity index (χ2n) is 7.64. The molecule has 5 nitrogen and oxygen atoms in total. The zero-order valence-corrected chi connectivity index (χ0v) is 19.2. The Kier molecular flexibility index (Phi) is 15.3. The van der Waals surface area contributed by atoms with Gasteiger partial charge >= 0.3 is 6.03 Å². The van der Waals surface area contributed by atoms with Crippen molar-refractivity contribution in [2.24, 2.45) is 11.8 Å². The monoisotopic (exact) mass is 403 g/mol. The zero-order valence-electron chi connectivity index (χ0n) is 19.2. The molecule has 5 heteroatoms. The number of amides is 3. The predicted molar refractivity (Wildman–Crippen MR) is 123 cm³/mol. The van der Waals surface area contributed by atoms with Crippen LogP contribution in [0.15, 0.2) is 47.7 Å². The highest BCUT2D eigenvalue weighted by Crippen LogP contribution is 2.11. The zero-order chi connectivity index (χ0) is 22.1. The standard InChI is InChI=1S/C24H41N3O2/c1-7-9-13-22(18-26-21(6)28)17-20(5)12-11-15-25-24(29)27-23(14-10-8-2)16-19(3)4/h9-10,13-14,16-17,19-20H,7-8,11-12,15,18H2,1-6H3,(H,26,28)(H2,25,27,29)/b13-9-,14-10-,22-17+,23-16+. The van der Waals surface area contributed by atoms with Crippen LogP contribution in [0.4, 0.5) is 4.79 Å². The van der Waals surface area contributed by atoms with Gasteiger partial charge in [-0.25, -0.2) is 4.79 Å². The molecule has 0 aliphatic carbocycles. The molecular formula is C24H41N3O2. The van der Waals surface area contributed by atoms with Crippen molar-refractivity contribution in [3.8, 4) is 0 Å². The quantitative estimate of drug-likeness (QED) is 0.291. The van der Waals surface area contributed by atoms with Crippen LogP contribution in [0.25, 0.3) is 0 Å². The van der Waals surface area contributed by atoms with Gasteiger partial charge in [-0.05, 0) is 49.2 Å². The SMILES string of the molecule is CC/C=C\C(=C/C(C)CCCNC(=O)NC(/C=C\CC)=C/C(C)C)CNC(C)=O. The Morgan fingerprint density at radius 1 is 0.931 bits per heavy atom. The third-order valence-electron chi connectivity index (χ3n) is 4.03. The Morgan fingerprint density at radius 2 is 1.59 bits per heavy atom. The number of rotatable bonds is 13. The fourth-order valence-electron chi connectivity index (χ4n) is 2.66. The minimum Gasteiger partial charge on any atom is -0.352 e. The molecule has 0 rings (SSSR count). The highest BCUT2D eigenvalue weighted by Gasteiger charge is 2.05. The summed E-state index contributed by atoms with van der Waals surface area (Å²) in [6, 6.07) is -0.168. The lowest BCUT2D eigenvalue weighted by Crippen LogP contribution is -2.35. The van der Waals surface area contributed by atoms with E-state index < -0.39 is 0 Å². The van der Waals surface area contributed by atoms with E-state index in [4.69, 9.17) is 0 Å². The summed E-state index contributed by atoms with van der Waals surface area (Å²) in [6.07, 6.45) is 16.2. The molecule has 0 spiro atoms. The molecule has 0 aliphatic rings. The van der Waals surface area contributed by atoms with Crippen LogP contribution in [0.1, 0.15) is 67.2 Å². The fourth-order valence-corrected chi connectivity index (χ4v) is 2.66. The molecule has 164 valence electrons. The van der Waals surface area contributed by atoms with Crippen LogP contribution in [0, 0.1) is 11.8 Å². The summed E-state index contributed by atoms with van der Waals surface area (Å²) in [7, 11) is 0. The van der Waals surface area contributed by atoms with Crippen molar-refractivity contribution in [1.29, 1.82) is 0 Å². The van der Waals surface area contributed by atoms with Crippen molar-refractivity contribution in [3.63, 3.8) is 0 Å². The molecule has 0 aromatic heterocycles. The van der Waals surface area contributed by atoms with E-state index >= 15 is 0 Å². The molecule has 29 heavy (non-hydrogen) atoms. The Balaban J connectivity index is 4.47. The van der Waals surface area contributed by atoms with Crippen LogP contribution in [0.5, 0.6) is 0 Å². The lowest BCUT2D eigenvalue weighted by molar-refractivity contribution is -0.118. The van der Waals surface area contributed by atoms with E-state index in [1.54, 1.807) is 0 Å². The molecule has 3 amide bonds. The highest BCUT2D eigenvalue weighted by atomic mass is 16.2. The summed E-state index contributed by atoms with van der Waals surface area (Å²) >= 11 is 0. The van der Waals surface area contributed by atoms with Gasteiger partial charge in [-0.2, -0.15) is 0 Å². The average Bonchev–Trinajstić information content (AvgIpc) is 2.64. The predicted octanol–water partition coefficient (Wildman–Crippen LogP) is 5.24. The van der Waals surface area contributed by atoms with Crippen LogP contribution in [0.2, 0.25) is 0 Å². The summed E-state index contributed by atoms with van der Waals surface area (Å²) in [4.78, 5) is 23.3. The van der Waals surface area contributed by atoms with E-state index in [0.717, 1.165) is 37.0 Å². The maximum absolute atomic E-state index is 12.1. The summed E-state index contributed by atoms with van der Waals surface area (Å²) in [5.41, 5.74) is 1.95. The van der Waals surface area contributed by atoms with E-state index in [9.17, 15) is 9.59 Å². The van der Waals surface area contributed by atoms with Gasteiger partial charge in [-0.3, -0.25) is 4.79 Å². The van der Waals surface area contributed by atoms with Crippen LogP contribution < -0.4 is 16.0 Å². The van der Waals surface area contributed by atoms with Gasteiger partial charge in [0.05, 0.1) is 0 Å². The maximum Gasteiger partial charge on any atom is 0.319 e. The molecule has 0 heterocycles. The Bertz CT molecular complexity index is 601. The molecule has 1 unspecified atom stereocenters. The van der Waals surface area contributed by atoms with Gasteiger partial charge in [-0.1, -0.05) is 65.0 Å². The van der Waals surface area contributed by atoms with Crippen molar-refractivity contribution in [2.45, 2.75) is 67.2 Å². The topological polar surface area (TPSA) is 70.2 Å². The largest absolute Gasteiger partial charge is 0.352 e. The van der Waals surface area contributed by atoms with E-state index in [1.807, 2.05) is 18.2 Å². The van der Waals surface area contributed by atoms with Crippen molar-refractivity contribution < 1.29 is 9.59 Å². The molecule has 0 bridgehead atoms. The van der Waals surface area contributed by atoms with Gasteiger partial charge in [0, 0.05) is 25.7 Å². The fraction of sp³-hybridized carbons (Fsp3) is 0.583. The normalized spacial score (nSPS) is 13.9. The first-order valence-corrected chi connectivity index (χ1v) is 10.8. The molecule has 0 aromatic rings. The summed E-state index contributed by atoms with van der Waals surface area (Å²) < 4.78 is 0. The van der Waals surface area contributed by atoms with Gasteiger partial charge in [0.1, 0.15) is 0 Å². The minimum atomic E-state index is -0.168. The van der Waals surface area contributed by atoms with Gasteiger partial charge in [0.25, 0.3) is 0 Å². The molecule has 0 aromatic carbocycles. The van der Waals surface area contributed by atoms with Gasteiger partial charge in [0.2, 0.25) is 5.91 Å². The van der Waals surface area contributed by atoms with E-state index in [1.165, 1.54) is 6.92 Å². The van der Waals surface area contributed by atoms with E-state index in [-0.39, 0.29) is 11.9 Å². The first-order valence-electron chi connectivity index (χ1n) is 10.8. The molecule has 0 radical (unpaired) electrons. The summed E-state index contributed by atoms with van der Waals surface area (Å²) in [5, 5.41) is 8.70. The first kappa shape index (κ1) is 26.7. The van der Waals surface area contributed by atoms with Crippen LogP contribution in [0.3, 0.4) is 0 Å². The Labute approximate surface area is 177 Å². The lowest BCUT2D eigenvalue weighted by Gasteiger charge is -2.12. The third kappa shape index (κ3) is 16.4. The molecule has 1 atom stereocenters. The third-order valence-corrected chi connectivity index (χ3v) is 4.03. The van der Waals surface area contributed by atoms with Crippen molar-refractivity contribution in [1.82, 2.24) is 16.0 Å². The van der Waals surface area contributed by atoms with Crippen LogP contribution in [-0.4, -0.2) is 25.0 Å². The Morgan fingerprint density at radius 3 is 2.17 bits per heavy atom. The number of carbonyl (C=O) groups excluding carboxylic acids is 2. The molecule has 0 aliphatic heterocycles. The van der Waals surface area contributed by atoms with Crippen LogP contribution >= 0.6 is 0 Å². The van der Waals surface area contributed by atoms with Gasteiger partial charge in [-0.15, -0.1) is 0 Å². The maximum atomic E-state index is 12.1. The number of hydrogen-bond donors (Lipinski definition) is 3. The number of allylic oxidation sites excluding steroid dienone is 5. The second kappa shape index (κ2) is 16.6. The van der Waals surface area contributed by atoms with Crippen molar-refractivity contribution in [3.05, 3.63) is 47.7 Å². The van der Waals surface area contributed by atoms with E-state index in [2.05, 4.69) is 68.8 Å². The molecule has 3 N–H and O–H groups in total. The highest BCUT2D eigenvalue weighted by molar-refractivity contribution is 5.76. The molecule has 0 fully saturated rings.